The van der Waals surface area contributed by atoms with Crippen molar-refractivity contribution in [3.63, 3.8) is 0 Å². The topological polar surface area (TPSA) is 143 Å². The number of aromatic nitrogens is 1. The first-order valence-corrected chi connectivity index (χ1v) is 11.7. The summed E-state index contributed by atoms with van der Waals surface area (Å²) in [6.07, 6.45) is 2.83. The van der Waals surface area contributed by atoms with Gasteiger partial charge in [0.2, 0.25) is 26.0 Å². The number of primary sulfonamides is 1. The molecule has 0 spiro atoms. The molecule has 0 bridgehead atoms. The lowest BCUT2D eigenvalue weighted by molar-refractivity contribution is -0.117. The normalized spacial score (nSPS) is 16.4. The number of amides is 1. The molecule has 3 N–H and O–H groups in total. The maximum absolute atomic E-state index is 12.6. The number of anilines is 1. The molecule has 0 atom stereocenters. The number of nitrogens with two attached hydrogens (primary N) is 1. The summed E-state index contributed by atoms with van der Waals surface area (Å²) < 4.78 is 49.1. The summed E-state index contributed by atoms with van der Waals surface area (Å²) in [6.45, 7) is 1.47. The van der Waals surface area contributed by atoms with E-state index in [1.165, 1.54) is 47.0 Å². The smallest absolute Gasteiger partial charge is 0.244 e. The van der Waals surface area contributed by atoms with Gasteiger partial charge >= 0.3 is 0 Å². The number of piperazine rings is 1. The van der Waals surface area contributed by atoms with E-state index in [2.05, 4.69) is 10.3 Å². The van der Waals surface area contributed by atoms with Crippen LogP contribution in [0.3, 0.4) is 0 Å². The molecule has 29 heavy (non-hydrogen) atoms. The summed E-state index contributed by atoms with van der Waals surface area (Å²) in [4.78, 5) is 18.0. The van der Waals surface area contributed by atoms with E-state index in [1.807, 2.05) is 4.90 Å². The highest BCUT2D eigenvalue weighted by Crippen LogP contribution is 2.17. The fourth-order valence-corrected chi connectivity index (χ4v) is 4.81. The van der Waals surface area contributed by atoms with Gasteiger partial charge in [-0.2, -0.15) is 4.31 Å². The summed E-state index contributed by atoms with van der Waals surface area (Å²) in [5.74, 6) is -0.281. The molecule has 2 aromatic rings. The predicted molar refractivity (Wildman–Crippen MR) is 106 cm³/mol. The van der Waals surface area contributed by atoms with Gasteiger partial charge in [-0.15, -0.1) is 0 Å². The van der Waals surface area contributed by atoms with Crippen molar-refractivity contribution in [2.24, 2.45) is 5.14 Å². The first-order chi connectivity index (χ1) is 13.7. The molecule has 1 saturated heterocycles. The third-order valence-corrected chi connectivity index (χ3v) is 7.25. The Bertz CT molecular complexity index is 1060. The maximum Gasteiger partial charge on any atom is 0.244 e. The van der Waals surface area contributed by atoms with E-state index in [-0.39, 0.29) is 35.3 Å². The van der Waals surface area contributed by atoms with Crippen LogP contribution in [-0.4, -0.2) is 69.7 Å². The Morgan fingerprint density at radius 2 is 1.66 bits per heavy atom. The lowest BCUT2D eigenvalue weighted by Gasteiger charge is -2.33. The van der Waals surface area contributed by atoms with Crippen molar-refractivity contribution < 1.29 is 21.6 Å². The maximum atomic E-state index is 12.6. The SMILES string of the molecule is NS(=O)(=O)c1ccc(NC(=O)CN2CCN(S(=O)(=O)c3cccnc3)CC2)cc1. The molecular formula is C17H21N5O5S2. The standard InChI is InChI=1S/C17H21N5O5S2/c18-28(24,25)15-5-3-14(4-6-15)20-17(23)13-21-8-10-22(11-9-21)29(26,27)16-2-1-7-19-12-16/h1-7,12H,8-11,13H2,(H,20,23)(H2,18,24,25). The Hall–Kier alpha value is -2.38. The van der Waals surface area contributed by atoms with Crippen LogP contribution < -0.4 is 10.5 Å². The van der Waals surface area contributed by atoms with Crippen LogP contribution in [0.1, 0.15) is 0 Å². The lowest BCUT2D eigenvalue weighted by atomic mass is 10.3. The number of sulfonamides is 2. The summed E-state index contributed by atoms with van der Waals surface area (Å²) in [6, 6.07) is 8.61. The van der Waals surface area contributed by atoms with Crippen molar-refractivity contribution in [3.8, 4) is 0 Å². The number of hydrogen-bond acceptors (Lipinski definition) is 7. The molecule has 1 aliphatic heterocycles. The summed E-state index contributed by atoms with van der Waals surface area (Å²) in [5, 5.41) is 7.72. The highest BCUT2D eigenvalue weighted by atomic mass is 32.2. The Morgan fingerprint density at radius 1 is 1.00 bits per heavy atom. The van der Waals surface area contributed by atoms with E-state index in [1.54, 1.807) is 6.07 Å². The number of rotatable bonds is 6. The molecule has 12 heteroatoms. The average molecular weight is 440 g/mol. The van der Waals surface area contributed by atoms with E-state index in [4.69, 9.17) is 5.14 Å². The number of carbonyl (C=O) groups is 1. The van der Waals surface area contributed by atoms with E-state index in [0.717, 1.165) is 0 Å². The number of hydrogen-bond donors (Lipinski definition) is 2. The molecule has 2 heterocycles. The second-order valence-electron chi connectivity index (χ2n) is 6.49. The molecule has 156 valence electrons. The zero-order valence-corrected chi connectivity index (χ0v) is 17.1. The van der Waals surface area contributed by atoms with Gasteiger partial charge < -0.3 is 5.32 Å². The van der Waals surface area contributed by atoms with Gasteiger partial charge in [0.15, 0.2) is 0 Å². The molecule has 0 radical (unpaired) electrons. The van der Waals surface area contributed by atoms with E-state index in [0.29, 0.717) is 18.8 Å². The zero-order valence-electron chi connectivity index (χ0n) is 15.4. The molecule has 0 unspecified atom stereocenters. The van der Waals surface area contributed by atoms with Crippen LogP contribution in [0.15, 0.2) is 58.6 Å². The summed E-state index contributed by atoms with van der Waals surface area (Å²) in [5.41, 5.74) is 0.445. The predicted octanol–water partition coefficient (Wildman–Crippen LogP) is -0.326. The van der Waals surface area contributed by atoms with Crippen LogP contribution in [0, 0.1) is 0 Å². The molecule has 3 rings (SSSR count). The van der Waals surface area contributed by atoms with Gasteiger partial charge in [-0.05, 0) is 36.4 Å². The van der Waals surface area contributed by atoms with Crippen molar-refractivity contribution in [3.05, 3.63) is 48.8 Å². The number of pyridine rings is 1. The van der Waals surface area contributed by atoms with Crippen LogP contribution in [0.2, 0.25) is 0 Å². The van der Waals surface area contributed by atoms with Crippen molar-refractivity contribution in [1.29, 1.82) is 0 Å². The molecule has 1 aromatic carbocycles. The Morgan fingerprint density at radius 3 is 2.21 bits per heavy atom. The fourth-order valence-electron chi connectivity index (χ4n) is 2.91. The minimum atomic E-state index is -3.79. The van der Waals surface area contributed by atoms with Crippen molar-refractivity contribution in [1.82, 2.24) is 14.2 Å². The second kappa shape index (κ2) is 8.55. The van der Waals surface area contributed by atoms with E-state index < -0.39 is 20.0 Å². The van der Waals surface area contributed by atoms with Crippen molar-refractivity contribution in [2.45, 2.75) is 9.79 Å². The highest BCUT2D eigenvalue weighted by molar-refractivity contribution is 7.89. The van der Waals surface area contributed by atoms with Crippen molar-refractivity contribution >= 4 is 31.6 Å². The Kier molecular flexibility index (Phi) is 6.29. The summed E-state index contributed by atoms with van der Waals surface area (Å²) >= 11 is 0. The largest absolute Gasteiger partial charge is 0.325 e. The van der Waals surface area contributed by atoms with Gasteiger partial charge in [0.1, 0.15) is 4.90 Å². The Balaban J connectivity index is 1.52. The van der Waals surface area contributed by atoms with E-state index in [9.17, 15) is 21.6 Å². The first kappa shape index (κ1) is 21.3. The van der Waals surface area contributed by atoms with Gasteiger partial charge in [-0.25, -0.2) is 22.0 Å². The second-order valence-corrected chi connectivity index (χ2v) is 9.99. The average Bonchev–Trinajstić information content (AvgIpc) is 2.69. The van der Waals surface area contributed by atoms with Crippen LogP contribution in [0.25, 0.3) is 0 Å². The van der Waals surface area contributed by atoms with Gasteiger partial charge in [-0.3, -0.25) is 14.7 Å². The monoisotopic (exact) mass is 439 g/mol. The van der Waals surface area contributed by atoms with Gasteiger partial charge in [0, 0.05) is 44.3 Å². The summed E-state index contributed by atoms with van der Waals surface area (Å²) in [7, 11) is -7.38. The molecule has 0 aliphatic carbocycles. The number of nitrogens with zero attached hydrogens (tertiary/aromatic N) is 3. The molecule has 1 aliphatic rings. The van der Waals surface area contributed by atoms with Crippen molar-refractivity contribution in [2.75, 3.05) is 38.0 Å². The molecule has 1 aromatic heterocycles. The van der Waals surface area contributed by atoms with Crippen LogP contribution in [0.5, 0.6) is 0 Å². The quantitative estimate of drug-likeness (QED) is 0.627. The molecule has 1 fully saturated rings. The molecule has 0 saturated carbocycles. The number of carbonyl (C=O) groups excluding carboxylic acids is 1. The third-order valence-electron chi connectivity index (χ3n) is 4.44. The number of nitrogens with one attached hydrogen (secondary N) is 1. The first-order valence-electron chi connectivity index (χ1n) is 8.71. The lowest BCUT2D eigenvalue weighted by Crippen LogP contribution is -2.50. The van der Waals surface area contributed by atoms with Crippen LogP contribution in [0.4, 0.5) is 5.69 Å². The van der Waals surface area contributed by atoms with Crippen LogP contribution >= 0.6 is 0 Å². The fraction of sp³-hybridized carbons (Fsp3) is 0.294. The molecular weight excluding hydrogens is 418 g/mol. The van der Waals surface area contributed by atoms with Gasteiger partial charge in [0.25, 0.3) is 0 Å². The van der Waals surface area contributed by atoms with Crippen LogP contribution in [-0.2, 0) is 24.8 Å². The molecule has 1 amide bonds. The van der Waals surface area contributed by atoms with E-state index >= 15 is 0 Å². The molecule has 10 nitrogen and oxygen atoms in total. The Labute approximate surface area is 169 Å². The highest BCUT2D eigenvalue weighted by Gasteiger charge is 2.29. The van der Waals surface area contributed by atoms with Gasteiger partial charge in [-0.1, -0.05) is 0 Å². The number of benzene rings is 1. The zero-order chi connectivity index (χ0) is 21.1. The third kappa shape index (κ3) is 5.36. The van der Waals surface area contributed by atoms with Gasteiger partial charge in [0.05, 0.1) is 11.4 Å². The minimum Gasteiger partial charge on any atom is -0.325 e. The minimum absolute atomic E-state index is 0.0403.